The molecule has 218 valence electrons. The van der Waals surface area contributed by atoms with Crippen molar-refractivity contribution in [2.24, 2.45) is 22.7 Å². The van der Waals surface area contributed by atoms with Crippen molar-refractivity contribution in [3.05, 3.63) is 23.1 Å². The van der Waals surface area contributed by atoms with Crippen LogP contribution in [0, 0.1) is 17.8 Å². The number of amides is 4. The van der Waals surface area contributed by atoms with E-state index in [-0.39, 0.29) is 31.4 Å². The molecule has 0 aromatic carbocycles. The van der Waals surface area contributed by atoms with E-state index in [1.54, 1.807) is 6.92 Å². The van der Waals surface area contributed by atoms with Crippen LogP contribution in [0.2, 0.25) is 0 Å². The van der Waals surface area contributed by atoms with E-state index < -0.39 is 59.8 Å². The SMILES string of the molecule is CCC1=C(OC(=O)N(CC)CC)N2C(=O)OC(=NCCOC)[C@]2(C)[C@H]2C1=CC[C@H]1C(=O)N(CC(=O)OC)C(=O)[C@H]12. The largest absolute Gasteiger partial charge is 0.468 e. The van der Waals surface area contributed by atoms with Gasteiger partial charge in [-0.15, -0.1) is 0 Å². The number of likely N-dealkylation sites (tertiary alicyclic amines) is 1. The maximum atomic E-state index is 13.8. The van der Waals surface area contributed by atoms with Crippen molar-refractivity contribution in [3.63, 3.8) is 0 Å². The number of nitrogens with zero attached hydrogens (tertiary/aromatic N) is 4. The summed E-state index contributed by atoms with van der Waals surface area (Å²) in [5.74, 6) is -4.10. The van der Waals surface area contributed by atoms with E-state index in [1.807, 2.05) is 26.8 Å². The molecule has 0 bridgehead atoms. The van der Waals surface area contributed by atoms with E-state index >= 15 is 0 Å². The summed E-state index contributed by atoms with van der Waals surface area (Å²) < 4.78 is 21.4. The van der Waals surface area contributed by atoms with Gasteiger partial charge in [-0.3, -0.25) is 24.3 Å². The van der Waals surface area contributed by atoms with Gasteiger partial charge in [-0.25, -0.2) is 14.5 Å². The molecule has 2 saturated heterocycles. The van der Waals surface area contributed by atoms with Crippen molar-refractivity contribution in [2.45, 2.75) is 46.1 Å². The number of carbonyl (C=O) groups is 5. The number of imide groups is 1. The number of rotatable bonds is 9. The molecule has 0 N–H and O–H groups in total. The second-order valence-electron chi connectivity index (χ2n) is 10.1. The van der Waals surface area contributed by atoms with E-state index in [0.29, 0.717) is 30.7 Å². The molecule has 13 nitrogen and oxygen atoms in total. The number of allylic oxidation sites excluding steroid dienone is 2. The van der Waals surface area contributed by atoms with Gasteiger partial charge in [0.1, 0.15) is 12.1 Å². The summed E-state index contributed by atoms with van der Waals surface area (Å²) in [7, 11) is 2.70. The molecule has 2 fully saturated rings. The Morgan fingerprint density at radius 2 is 1.85 bits per heavy atom. The Labute approximate surface area is 232 Å². The Balaban J connectivity index is 1.90. The highest BCUT2D eigenvalue weighted by Crippen LogP contribution is 2.56. The van der Waals surface area contributed by atoms with E-state index in [2.05, 4.69) is 4.99 Å². The number of carbonyl (C=O) groups excluding carboxylic acids is 5. The fourth-order valence-corrected chi connectivity index (χ4v) is 6.19. The zero-order valence-electron chi connectivity index (χ0n) is 23.7. The zero-order valence-corrected chi connectivity index (χ0v) is 23.7. The number of cyclic esters (lactones) is 1. The molecule has 0 aromatic rings. The number of aliphatic imine (C=N–C) groups is 1. The first-order valence-electron chi connectivity index (χ1n) is 13.5. The highest BCUT2D eigenvalue weighted by molar-refractivity contribution is 6.10. The molecule has 4 aliphatic rings. The van der Waals surface area contributed by atoms with Crippen molar-refractivity contribution in [2.75, 3.05) is 47.0 Å². The maximum absolute atomic E-state index is 13.8. The lowest BCUT2D eigenvalue weighted by Gasteiger charge is -2.49. The third kappa shape index (κ3) is 4.45. The molecule has 4 rings (SSSR count). The van der Waals surface area contributed by atoms with E-state index in [9.17, 15) is 24.0 Å². The highest BCUT2D eigenvalue weighted by atomic mass is 16.6. The first-order chi connectivity index (χ1) is 19.1. The molecular formula is C27H36N4O9. The van der Waals surface area contributed by atoms with Crippen LogP contribution in [0.4, 0.5) is 9.59 Å². The molecule has 0 spiro atoms. The van der Waals surface area contributed by atoms with Crippen LogP contribution >= 0.6 is 0 Å². The second kappa shape index (κ2) is 11.4. The molecule has 13 heteroatoms. The quantitative estimate of drug-likeness (QED) is 0.179. The number of ether oxygens (including phenoxy) is 4. The summed E-state index contributed by atoms with van der Waals surface area (Å²) in [6.45, 7) is 7.90. The summed E-state index contributed by atoms with van der Waals surface area (Å²) in [5.41, 5.74) is -0.166. The molecule has 4 atom stereocenters. The highest BCUT2D eigenvalue weighted by Gasteiger charge is 2.68. The van der Waals surface area contributed by atoms with Crippen LogP contribution in [0.5, 0.6) is 0 Å². The van der Waals surface area contributed by atoms with E-state index in [1.165, 1.54) is 24.0 Å². The number of fused-ring (bicyclic) bond motifs is 5. The molecule has 1 aliphatic carbocycles. The van der Waals surface area contributed by atoms with Crippen LogP contribution in [0.15, 0.2) is 28.1 Å². The average molecular weight is 561 g/mol. The molecule has 4 amide bonds. The zero-order chi connectivity index (χ0) is 29.4. The van der Waals surface area contributed by atoms with Gasteiger partial charge in [-0.1, -0.05) is 13.0 Å². The van der Waals surface area contributed by atoms with Crippen LogP contribution in [0.25, 0.3) is 0 Å². The van der Waals surface area contributed by atoms with Crippen molar-refractivity contribution in [3.8, 4) is 0 Å². The summed E-state index contributed by atoms with van der Waals surface area (Å²) in [5, 5.41) is 0. The number of methoxy groups -OCH3 is 2. The minimum Gasteiger partial charge on any atom is -0.468 e. The predicted octanol–water partition coefficient (Wildman–Crippen LogP) is 2.08. The van der Waals surface area contributed by atoms with Crippen LogP contribution < -0.4 is 0 Å². The van der Waals surface area contributed by atoms with Crippen molar-refractivity contribution < 1.29 is 42.9 Å². The molecule has 0 aromatic heterocycles. The smallest absolute Gasteiger partial charge is 0.424 e. The van der Waals surface area contributed by atoms with Crippen LogP contribution in [-0.2, 0) is 33.3 Å². The second-order valence-corrected chi connectivity index (χ2v) is 10.1. The Morgan fingerprint density at radius 3 is 2.45 bits per heavy atom. The van der Waals surface area contributed by atoms with Gasteiger partial charge < -0.3 is 23.8 Å². The lowest BCUT2D eigenvalue weighted by molar-refractivity contribution is -0.151. The van der Waals surface area contributed by atoms with E-state index in [4.69, 9.17) is 18.9 Å². The molecule has 0 saturated carbocycles. The Hall–Kier alpha value is -3.74. The fourth-order valence-electron chi connectivity index (χ4n) is 6.19. The first kappa shape index (κ1) is 29.2. The third-order valence-electron chi connectivity index (χ3n) is 8.16. The lowest BCUT2D eigenvalue weighted by Crippen LogP contribution is -2.60. The summed E-state index contributed by atoms with van der Waals surface area (Å²) in [6.07, 6.45) is 1.03. The molecule has 40 heavy (non-hydrogen) atoms. The average Bonchev–Trinajstić information content (AvgIpc) is 3.33. The van der Waals surface area contributed by atoms with Gasteiger partial charge in [-0.2, -0.15) is 0 Å². The van der Waals surface area contributed by atoms with Gasteiger partial charge in [0.25, 0.3) is 0 Å². The summed E-state index contributed by atoms with van der Waals surface area (Å²) in [4.78, 5) is 74.0. The minimum atomic E-state index is -1.41. The van der Waals surface area contributed by atoms with Crippen LogP contribution in [-0.4, -0.2) is 103 Å². The molecular weight excluding hydrogens is 524 g/mol. The van der Waals surface area contributed by atoms with Gasteiger partial charge in [0.05, 0.1) is 32.1 Å². The van der Waals surface area contributed by atoms with Gasteiger partial charge in [0.15, 0.2) is 0 Å². The molecule has 0 unspecified atom stereocenters. The third-order valence-corrected chi connectivity index (χ3v) is 8.16. The van der Waals surface area contributed by atoms with Crippen molar-refractivity contribution >= 4 is 35.9 Å². The Kier molecular flexibility index (Phi) is 8.33. The fraction of sp³-hybridized carbons (Fsp3) is 0.630. The van der Waals surface area contributed by atoms with Crippen LogP contribution in [0.1, 0.15) is 40.5 Å². The standard InChI is InChI=1S/C27H36N4O9/c1-7-15-16-10-11-17-19(22(34)30(21(17)33)14-18(32)38-6)20(16)27(4)24(28-12-13-37-5)40-26(36)31(27)23(15)39-25(35)29(8-2)9-3/h10,17,19-20H,7-9,11-14H2,1-6H3/t17-,19-,20+,27+/m1/s1. The Morgan fingerprint density at radius 1 is 1.15 bits per heavy atom. The van der Waals surface area contributed by atoms with Gasteiger partial charge in [-0.05, 0) is 39.2 Å². The maximum Gasteiger partial charge on any atom is 0.424 e. The molecule has 3 heterocycles. The lowest BCUT2D eigenvalue weighted by atomic mass is 9.61. The predicted molar refractivity (Wildman–Crippen MR) is 140 cm³/mol. The normalized spacial score (nSPS) is 28.2. The minimum absolute atomic E-state index is 0.0213. The summed E-state index contributed by atoms with van der Waals surface area (Å²) >= 11 is 0. The van der Waals surface area contributed by atoms with E-state index in [0.717, 1.165) is 4.90 Å². The van der Waals surface area contributed by atoms with Crippen LogP contribution in [0.3, 0.4) is 0 Å². The summed E-state index contributed by atoms with van der Waals surface area (Å²) in [6, 6.07) is 0. The first-order valence-corrected chi connectivity index (χ1v) is 13.5. The monoisotopic (exact) mass is 560 g/mol. The molecule has 0 radical (unpaired) electrons. The van der Waals surface area contributed by atoms with Gasteiger partial charge >= 0.3 is 18.2 Å². The number of hydrogen-bond donors (Lipinski definition) is 0. The topological polar surface area (TPSA) is 144 Å². The molecule has 3 aliphatic heterocycles. The van der Waals surface area contributed by atoms with Crippen molar-refractivity contribution in [1.82, 2.24) is 14.7 Å². The van der Waals surface area contributed by atoms with Gasteiger partial charge in [0.2, 0.25) is 23.6 Å². The van der Waals surface area contributed by atoms with Crippen molar-refractivity contribution in [1.29, 1.82) is 0 Å². The number of esters is 1. The van der Waals surface area contributed by atoms with Gasteiger partial charge in [0, 0.05) is 31.7 Å². The Bertz CT molecular complexity index is 1200. The number of hydrogen-bond acceptors (Lipinski definition) is 10.